The largest absolute Gasteiger partial charge is 0.337 e. The van der Waals surface area contributed by atoms with E-state index in [1.54, 1.807) is 0 Å². The fourth-order valence-corrected chi connectivity index (χ4v) is 3.82. The maximum atomic E-state index is 12.6. The number of likely N-dealkylation sites (tertiary alicyclic amines) is 1. The number of carbonyl (C=O) groups excluding carboxylic acids is 1. The zero-order valence-corrected chi connectivity index (χ0v) is 12.8. The molecule has 0 aromatic carbocycles. The van der Waals surface area contributed by atoms with Gasteiger partial charge in [0.1, 0.15) is 0 Å². The molecule has 19 heavy (non-hydrogen) atoms. The van der Waals surface area contributed by atoms with Gasteiger partial charge in [-0.3, -0.25) is 4.79 Å². The predicted octanol–water partition coefficient (Wildman–Crippen LogP) is 2.80. The van der Waals surface area contributed by atoms with Crippen molar-refractivity contribution in [3.05, 3.63) is 0 Å². The van der Waals surface area contributed by atoms with E-state index in [0.717, 1.165) is 19.5 Å². The Morgan fingerprint density at radius 3 is 2.47 bits per heavy atom. The van der Waals surface area contributed by atoms with Crippen LogP contribution in [0.5, 0.6) is 0 Å². The van der Waals surface area contributed by atoms with Gasteiger partial charge in [0.15, 0.2) is 0 Å². The van der Waals surface area contributed by atoms with Crippen LogP contribution in [0.25, 0.3) is 0 Å². The molecule has 4 atom stereocenters. The Labute approximate surface area is 118 Å². The van der Waals surface area contributed by atoms with E-state index in [2.05, 4.69) is 31.0 Å². The first kappa shape index (κ1) is 14.8. The number of nitrogens with one attached hydrogen (secondary N) is 1. The second-order valence-corrected chi connectivity index (χ2v) is 6.72. The monoisotopic (exact) mass is 266 g/mol. The highest BCUT2D eigenvalue weighted by Gasteiger charge is 2.31. The lowest BCUT2D eigenvalue weighted by molar-refractivity contribution is -0.138. The topological polar surface area (TPSA) is 32.3 Å². The maximum absolute atomic E-state index is 12.6. The molecule has 0 radical (unpaired) electrons. The van der Waals surface area contributed by atoms with Crippen LogP contribution in [-0.4, -0.2) is 36.0 Å². The Bertz CT molecular complexity index is 289. The van der Waals surface area contributed by atoms with Crippen molar-refractivity contribution in [3.63, 3.8) is 0 Å². The number of amides is 1. The molecule has 0 spiro atoms. The third-order valence-corrected chi connectivity index (χ3v) is 5.12. The van der Waals surface area contributed by atoms with E-state index < -0.39 is 0 Å². The molecule has 2 aliphatic rings. The number of piperidine rings is 2. The second-order valence-electron chi connectivity index (χ2n) is 6.72. The Morgan fingerprint density at radius 2 is 1.89 bits per heavy atom. The lowest BCUT2D eigenvalue weighted by Crippen LogP contribution is -2.48. The summed E-state index contributed by atoms with van der Waals surface area (Å²) in [5.74, 6) is 1.59. The van der Waals surface area contributed by atoms with E-state index in [-0.39, 0.29) is 0 Å². The van der Waals surface area contributed by atoms with Gasteiger partial charge in [-0.15, -0.1) is 0 Å². The molecular formula is C16H30N2O. The smallest absolute Gasteiger partial charge is 0.223 e. The molecule has 1 N–H and O–H groups in total. The number of rotatable bonds is 3. The van der Waals surface area contributed by atoms with E-state index in [1.165, 1.54) is 32.1 Å². The van der Waals surface area contributed by atoms with Crippen molar-refractivity contribution < 1.29 is 4.79 Å². The van der Waals surface area contributed by atoms with Crippen molar-refractivity contribution in [1.82, 2.24) is 10.2 Å². The summed E-state index contributed by atoms with van der Waals surface area (Å²) in [5, 5.41) is 3.46. The fraction of sp³-hybridized carbons (Fsp3) is 0.938. The van der Waals surface area contributed by atoms with E-state index in [1.807, 2.05) is 0 Å². The van der Waals surface area contributed by atoms with E-state index >= 15 is 0 Å². The Balaban J connectivity index is 1.88. The van der Waals surface area contributed by atoms with Gasteiger partial charge in [0.05, 0.1) is 0 Å². The Morgan fingerprint density at radius 1 is 1.21 bits per heavy atom. The zero-order chi connectivity index (χ0) is 13.8. The fourth-order valence-electron chi connectivity index (χ4n) is 3.82. The first-order chi connectivity index (χ1) is 9.09. The van der Waals surface area contributed by atoms with Crippen molar-refractivity contribution in [2.45, 2.75) is 71.4 Å². The minimum Gasteiger partial charge on any atom is -0.337 e. The number of hydrogen-bond acceptors (Lipinski definition) is 2. The molecule has 2 aliphatic heterocycles. The molecule has 2 rings (SSSR count). The zero-order valence-electron chi connectivity index (χ0n) is 12.8. The third kappa shape index (κ3) is 3.71. The highest BCUT2D eigenvalue weighted by atomic mass is 16.2. The summed E-state index contributed by atoms with van der Waals surface area (Å²) >= 11 is 0. The van der Waals surface area contributed by atoms with Crippen LogP contribution in [0.4, 0.5) is 0 Å². The Kier molecular flexibility index (Phi) is 5.26. The standard InChI is InChI=1S/C16H30N2O/c1-12(15-8-5-9-17-11-15)10-16(19)18-13(2)6-4-7-14(18)3/h12-15,17H,4-11H2,1-3H3. The summed E-state index contributed by atoms with van der Waals surface area (Å²) < 4.78 is 0. The van der Waals surface area contributed by atoms with Gasteiger partial charge in [-0.1, -0.05) is 6.92 Å². The first-order valence-corrected chi connectivity index (χ1v) is 8.11. The van der Waals surface area contributed by atoms with Crippen LogP contribution in [0.3, 0.4) is 0 Å². The summed E-state index contributed by atoms with van der Waals surface area (Å²) in [6.45, 7) is 8.92. The number of carbonyl (C=O) groups is 1. The van der Waals surface area contributed by atoms with Gasteiger partial charge in [-0.05, 0) is 70.9 Å². The van der Waals surface area contributed by atoms with Crippen LogP contribution in [0.1, 0.15) is 59.3 Å². The summed E-state index contributed by atoms with van der Waals surface area (Å²) in [6.07, 6.45) is 6.91. The molecule has 3 heteroatoms. The molecule has 110 valence electrons. The maximum Gasteiger partial charge on any atom is 0.223 e. The molecule has 2 heterocycles. The summed E-state index contributed by atoms with van der Waals surface area (Å²) in [6, 6.07) is 0.876. The van der Waals surface area contributed by atoms with Crippen molar-refractivity contribution >= 4 is 5.91 Å². The number of nitrogens with zero attached hydrogens (tertiary/aromatic N) is 1. The van der Waals surface area contributed by atoms with Crippen LogP contribution in [-0.2, 0) is 4.79 Å². The van der Waals surface area contributed by atoms with Gasteiger partial charge in [-0.25, -0.2) is 0 Å². The quantitative estimate of drug-likeness (QED) is 0.852. The molecular weight excluding hydrogens is 236 g/mol. The highest BCUT2D eigenvalue weighted by Crippen LogP contribution is 2.27. The van der Waals surface area contributed by atoms with Crippen molar-refractivity contribution in [1.29, 1.82) is 0 Å². The van der Waals surface area contributed by atoms with Crippen molar-refractivity contribution in [2.75, 3.05) is 13.1 Å². The third-order valence-electron chi connectivity index (χ3n) is 5.12. The van der Waals surface area contributed by atoms with Gasteiger partial charge >= 0.3 is 0 Å². The van der Waals surface area contributed by atoms with Gasteiger partial charge in [0, 0.05) is 18.5 Å². The summed E-state index contributed by atoms with van der Waals surface area (Å²) in [4.78, 5) is 14.7. The van der Waals surface area contributed by atoms with Crippen LogP contribution in [0.15, 0.2) is 0 Å². The van der Waals surface area contributed by atoms with Crippen LogP contribution >= 0.6 is 0 Å². The summed E-state index contributed by atoms with van der Waals surface area (Å²) in [5.41, 5.74) is 0. The van der Waals surface area contributed by atoms with Gasteiger partial charge < -0.3 is 10.2 Å². The second kappa shape index (κ2) is 6.74. The molecule has 0 aromatic rings. The molecule has 0 saturated carbocycles. The minimum atomic E-state index is 0.387. The molecule has 2 saturated heterocycles. The highest BCUT2D eigenvalue weighted by molar-refractivity contribution is 5.77. The molecule has 1 amide bonds. The molecule has 0 aliphatic carbocycles. The first-order valence-electron chi connectivity index (χ1n) is 8.11. The normalized spacial score (nSPS) is 34.1. The molecule has 0 bridgehead atoms. The van der Waals surface area contributed by atoms with E-state index in [0.29, 0.717) is 29.8 Å². The summed E-state index contributed by atoms with van der Waals surface area (Å²) in [7, 11) is 0. The van der Waals surface area contributed by atoms with Crippen LogP contribution in [0.2, 0.25) is 0 Å². The molecule has 2 fully saturated rings. The van der Waals surface area contributed by atoms with Crippen molar-refractivity contribution in [3.8, 4) is 0 Å². The predicted molar refractivity (Wildman–Crippen MR) is 79.0 cm³/mol. The average molecular weight is 266 g/mol. The molecule has 4 unspecified atom stereocenters. The van der Waals surface area contributed by atoms with Gasteiger partial charge in [0.2, 0.25) is 5.91 Å². The lowest BCUT2D eigenvalue weighted by atomic mass is 9.84. The lowest BCUT2D eigenvalue weighted by Gasteiger charge is -2.40. The average Bonchev–Trinajstić information content (AvgIpc) is 2.39. The van der Waals surface area contributed by atoms with Gasteiger partial charge in [0.25, 0.3) is 0 Å². The SMILES string of the molecule is CC(CC(=O)N1C(C)CCCC1C)C1CCCNC1. The van der Waals surface area contributed by atoms with Gasteiger partial charge in [-0.2, -0.15) is 0 Å². The van der Waals surface area contributed by atoms with Crippen LogP contribution in [0, 0.1) is 11.8 Å². The van der Waals surface area contributed by atoms with Crippen molar-refractivity contribution in [2.24, 2.45) is 11.8 Å². The molecule has 3 nitrogen and oxygen atoms in total. The van der Waals surface area contributed by atoms with E-state index in [4.69, 9.17) is 0 Å². The number of hydrogen-bond donors (Lipinski definition) is 1. The minimum absolute atomic E-state index is 0.387. The Hall–Kier alpha value is -0.570. The molecule has 0 aromatic heterocycles. The van der Waals surface area contributed by atoms with Crippen LogP contribution < -0.4 is 5.32 Å². The van der Waals surface area contributed by atoms with E-state index in [9.17, 15) is 4.79 Å².